The number of nitrogens with zero attached hydrogens (tertiary/aromatic N) is 1. The number of hydrogen-bond acceptors (Lipinski definition) is 2. The van der Waals surface area contributed by atoms with Crippen LogP contribution < -0.4 is 5.73 Å². The van der Waals surface area contributed by atoms with Gasteiger partial charge < -0.3 is 5.73 Å². The van der Waals surface area contributed by atoms with Gasteiger partial charge in [-0.15, -0.1) is 0 Å². The number of hydrogen-bond donors (Lipinski definition) is 1. The Bertz CT molecular complexity index is 346. The Hall–Kier alpha value is -0.860. The van der Waals surface area contributed by atoms with Crippen LogP contribution in [-0.4, -0.2) is 24.5 Å². The van der Waals surface area contributed by atoms with Gasteiger partial charge in [-0.05, 0) is 56.3 Å². The summed E-state index contributed by atoms with van der Waals surface area (Å²) in [5, 5.41) is 0. The van der Waals surface area contributed by atoms with E-state index in [1.54, 1.807) is 0 Å². The minimum Gasteiger partial charge on any atom is -0.330 e. The number of likely N-dealkylation sites (tertiary alicyclic amines) is 1. The fourth-order valence-electron chi connectivity index (χ4n) is 3.35. The molecule has 0 aliphatic carbocycles. The molecule has 2 unspecified atom stereocenters. The maximum Gasteiger partial charge on any atom is 0.0233 e. The molecular formula is C17H28N2. The molecule has 1 aliphatic heterocycles. The molecule has 0 saturated carbocycles. The van der Waals surface area contributed by atoms with Crippen LogP contribution in [0.2, 0.25) is 0 Å². The van der Waals surface area contributed by atoms with Crippen molar-refractivity contribution in [3.05, 3.63) is 35.9 Å². The van der Waals surface area contributed by atoms with E-state index in [1.165, 1.54) is 44.3 Å². The van der Waals surface area contributed by atoms with Crippen molar-refractivity contribution < 1.29 is 0 Å². The van der Waals surface area contributed by atoms with Gasteiger partial charge >= 0.3 is 0 Å². The molecule has 0 spiro atoms. The predicted octanol–water partition coefficient (Wildman–Crippen LogP) is 3.27. The first-order valence-electron chi connectivity index (χ1n) is 7.79. The quantitative estimate of drug-likeness (QED) is 0.880. The predicted molar refractivity (Wildman–Crippen MR) is 81.9 cm³/mol. The third-order valence-electron chi connectivity index (χ3n) is 4.61. The zero-order chi connectivity index (χ0) is 13.5. The number of rotatable bonds is 5. The van der Waals surface area contributed by atoms with Crippen molar-refractivity contribution in [2.45, 2.75) is 39.2 Å². The number of nitrogens with two attached hydrogens (primary N) is 1. The van der Waals surface area contributed by atoms with Crippen molar-refractivity contribution >= 4 is 0 Å². The average Bonchev–Trinajstić information content (AvgIpc) is 2.68. The van der Waals surface area contributed by atoms with Gasteiger partial charge in [0.2, 0.25) is 0 Å². The highest BCUT2D eigenvalue weighted by molar-refractivity contribution is 5.14. The first-order chi connectivity index (χ1) is 9.33. The molecule has 1 fully saturated rings. The van der Waals surface area contributed by atoms with E-state index < -0.39 is 0 Å². The van der Waals surface area contributed by atoms with E-state index in [0.29, 0.717) is 0 Å². The van der Waals surface area contributed by atoms with Gasteiger partial charge in [0.05, 0.1) is 0 Å². The molecule has 2 heteroatoms. The molecule has 1 heterocycles. The summed E-state index contributed by atoms with van der Waals surface area (Å²) < 4.78 is 0. The molecular weight excluding hydrogens is 232 g/mol. The van der Waals surface area contributed by atoms with E-state index >= 15 is 0 Å². The van der Waals surface area contributed by atoms with Crippen LogP contribution in [-0.2, 0) is 6.54 Å². The molecule has 2 N–H and O–H groups in total. The van der Waals surface area contributed by atoms with Crippen LogP contribution in [0.25, 0.3) is 0 Å². The minimum atomic E-state index is 0.733. The second-order valence-corrected chi connectivity index (χ2v) is 5.86. The summed E-state index contributed by atoms with van der Waals surface area (Å²) in [6.07, 6.45) is 5.25. The Balaban J connectivity index is 1.86. The van der Waals surface area contributed by atoms with Crippen molar-refractivity contribution in [1.82, 2.24) is 4.90 Å². The number of benzene rings is 1. The SMILES string of the molecule is CCC(CN)C1CCCN(Cc2ccccc2)CC1. The van der Waals surface area contributed by atoms with Gasteiger partial charge in [-0.3, -0.25) is 4.90 Å². The van der Waals surface area contributed by atoms with E-state index in [0.717, 1.165) is 24.9 Å². The Morgan fingerprint density at radius 2 is 2.00 bits per heavy atom. The lowest BCUT2D eigenvalue weighted by Crippen LogP contribution is -2.26. The van der Waals surface area contributed by atoms with Gasteiger partial charge in [-0.2, -0.15) is 0 Å². The van der Waals surface area contributed by atoms with Crippen molar-refractivity contribution in [2.75, 3.05) is 19.6 Å². The molecule has 1 aliphatic rings. The summed E-state index contributed by atoms with van der Waals surface area (Å²) in [6.45, 7) is 6.72. The second-order valence-electron chi connectivity index (χ2n) is 5.86. The Kier molecular flexibility index (Phi) is 5.87. The van der Waals surface area contributed by atoms with E-state index in [9.17, 15) is 0 Å². The molecule has 0 amide bonds. The van der Waals surface area contributed by atoms with Crippen molar-refractivity contribution in [3.8, 4) is 0 Å². The van der Waals surface area contributed by atoms with Gasteiger partial charge in [0.25, 0.3) is 0 Å². The zero-order valence-corrected chi connectivity index (χ0v) is 12.2. The largest absolute Gasteiger partial charge is 0.330 e. The summed E-state index contributed by atoms with van der Waals surface area (Å²) in [6, 6.07) is 10.8. The third kappa shape index (κ3) is 4.32. The normalized spacial score (nSPS) is 22.9. The lowest BCUT2D eigenvalue weighted by Gasteiger charge is -2.24. The average molecular weight is 260 g/mol. The molecule has 19 heavy (non-hydrogen) atoms. The van der Waals surface area contributed by atoms with Crippen LogP contribution >= 0.6 is 0 Å². The summed E-state index contributed by atoms with van der Waals surface area (Å²) in [7, 11) is 0. The highest BCUT2D eigenvalue weighted by Crippen LogP contribution is 2.27. The fraction of sp³-hybridized carbons (Fsp3) is 0.647. The molecule has 2 rings (SSSR count). The van der Waals surface area contributed by atoms with Crippen LogP contribution in [0.3, 0.4) is 0 Å². The highest BCUT2D eigenvalue weighted by atomic mass is 15.1. The molecule has 1 saturated heterocycles. The summed E-state index contributed by atoms with van der Waals surface area (Å²) >= 11 is 0. The molecule has 106 valence electrons. The second kappa shape index (κ2) is 7.66. The standard InChI is InChI=1S/C17H28N2/c1-2-16(13-18)17-9-6-11-19(12-10-17)14-15-7-4-3-5-8-15/h3-5,7-8,16-17H,2,6,9-14,18H2,1H3. The third-order valence-corrected chi connectivity index (χ3v) is 4.61. The van der Waals surface area contributed by atoms with E-state index in [-0.39, 0.29) is 0 Å². The molecule has 2 atom stereocenters. The van der Waals surface area contributed by atoms with Gasteiger partial charge in [0, 0.05) is 6.54 Å². The van der Waals surface area contributed by atoms with Gasteiger partial charge in [-0.25, -0.2) is 0 Å². The van der Waals surface area contributed by atoms with E-state index in [2.05, 4.69) is 42.2 Å². The molecule has 1 aromatic carbocycles. The summed E-state index contributed by atoms with van der Waals surface area (Å²) in [5.74, 6) is 1.58. The summed E-state index contributed by atoms with van der Waals surface area (Å²) in [4.78, 5) is 2.61. The maximum absolute atomic E-state index is 5.91. The Labute approximate surface area is 118 Å². The van der Waals surface area contributed by atoms with E-state index in [1.807, 2.05) is 0 Å². The van der Waals surface area contributed by atoms with E-state index in [4.69, 9.17) is 5.73 Å². The van der Waals surface area contributed by atoms with Crippen LogP contribution in [0, 0.1) is 11.8 Å². The maximum atomic E-state index is 5.91. The lowest BCUT2D eigenvalue weighted by molar-refractivity contribution is 0.256. The topological polar surface area (TPSA) is 29.3 Å². The molecule has 2 nitrogen and oxygen atoms in total. The molecule has 0 bridgehead atoms. The van der Waals surface area contributed by atoms with Crippen LogP contribution in [0.4, 0.5) is 0 Å². The van der Waals surface area contributed by atoms with Crippen LogP contribution in [0.15, 0.2) is 30.3 Å². The molecule has 0 aromatic heterocycles. The lowest BCUT2D eigenvalue weighted by atomic mass is 9.85. The first-order valence-corrected chi connectivity index (χ1v) is 7.79. The first kappa shape index (κ1) is 14.5. The monoisotopic (exact) mass is 260 g/mol. The van der Waals surface area contributed by atoms with Crippen LogP contribution in [0.5, 0.6) is 0 Å². The summed E-state index contributed by atoms with van der Waals surface area (Å²) in [5.41, 5.74) is 7.35. The molecule has 1 aromatic rings. The highest BCUT2D eigenvalue weighted by Gasteiger charge is 2.22. The minimum absolute atomic E-state index is 0.733. The smallest absolute Gasteiger partial charge is 0.0233 e. The van der Waals surface area contributed by atoms with Gasteiger partial charge in [0.15, 0.2) is 0 Å². The Morgan fingerprint density at radius 3 is 2.68 bits per heavy atom. The fourth-order valence-corrected chi connectivity index (χ4v) is 3.35. The zero-order valence-electron chi connectivity index (χ0n) is 12.2. The van der Waals surface area contributed by atoms with Crippen LogP contribution in [0.1, 0.15) is 38.2 Å². The Morgan fingerprint density at radius 1 is 1.21 bits per heavy atom. The van der Waals surface area contributed by atoms with Gasteiger partial charge in [-0.1, -0.05) is 43.7 Å². The van der Waals surface area contributed by atoms with Gasteiger partial charge in [0.1, 0.15) is 0 Å². The van der Waals surface area contributed by atoms with Crippen molar-refractivity contribution in [2.24, 2.45) is 17.6 Å². The molecule has 0 radical (unpaired) electrons. The van der Waals surface area contributed by atoms with Crippen molar-refractivity contribution in [3.63, 3.8) is 0 Å². The van der Waals surface area contributed by atoms with Crippen molar-refractivity contribution in [1.29, 1.82) is 0 Å².